The number of carbonyl (C=O) groups excluding carboxylic acids is 1. The molecule has 0 fully saturated rings. The molecule has 0 aromatic carbocycles. The first kappa shape index (κ1) is 10.3. The van der Waals surface area contributed by atoms with Crippen LogP contribution in [0.2, 0.25) is 0 Å². The van der Waals surface area contributed by atoms with Crippen LogP contribution < -0.4 is 5.32 Å². The molecular weight excluding hydrogens is 186 g/mol. The fourth-order valence-electron chi connectivity index (χ4n) is 1.21. The van der Waals surface area contributed by atoms with Crippen molar-refractivity contribution in [2.24, 2.45) is 5.41 Å². The molecule has 0 bridgehead atoms. The second kappa shape index (κ2) is 3.97. The van der Waals surface area contributed by atoms with Gasteiger partial charge in [-0.3, -0.25) is 4.79 Å². The molecule has 1 N–H and O–H groups in total. The van der Waals surface area contributed by atoms with Gasteiger partial charge in [-0.05, 0) is 12.5 Å². The van der Waals surface area contributed by atoms with Gasteiger partial charge in [-0.1, -0.05) is 30.7 Å². The van der Waals surface area contributed by atoms with Crippen LogP contribution in [0.15, 0.2) is 23.3 Å². The summed E-state index contributed by atoms with van der Waals surface area (Å²) in [4.78, 5) is 10.7. The van der Waals surface area contributed by atoms with E-state index in [2.05, 4.69) is 12.2 Å². The molecule has 1 aliphatic carbocycles. The highest BCUT2D eigenvalue weighted by atomic mass is 35.5. The molecule has 1 aliphatic rings. The van der Waals surface area contributed by atoms with Crippen LogP contribution in [-0.2, 0) is 4.79 Å². The zero-order valence-electron chi connectivity index (χ0n) is 7.93. The molecular formula is C10H14ClNO. The third kappa shape index (κ3) is 3.23. The number of amides is 1. The number of rotatable bonds is 2. The van der Waals surface area contributed by atoms with E-state index in [1.807, 2.05) is 18.2 Å². The van der Waals surface area contributed by atoms with Gasteiger partial charge in [0.05, 0.1) is 0 Å². The van der Waals surface area contributed by atoms with Crippen molar-refractivity contribution in [2.75, 3.05) is 6.54 Å². The normalized spacial score (nSPS) is 26.8. The van der Waals surface area contributed by atoms with Crippen molar-refractivity contribution in [3.8, 4) is 0 Å². The first-order valence-electron chi connectivity index (χ1n) is 4.31. The molecule has 13 heavy (non-hydrogen) atoms. The number of hydrogen-bond donors (Lipinski definition) is 1. The highest BCUT2D eigenvalue weighted by Crippen LogP contribution is 2.29. The fourth-order valence-corrected chi connectivity index (χ4v) is 1.35. The smallest absolute Gasteiger partial charge is 0.216 e. The molecule has 3 heteroatoms. The maximum atomic E-state index is 10.7. The van der Waals surface area contributed by atoms with Crippen molar-refractivity contribution >= 4 is 17.5 Å². The Morgan fingerprint density at radius 3 is 2.92 bits per heavy atom. The van der Waals surface area contributed by atoms with Gasteiger partial charge >= 0.3 is 0 Å². The molecule has 1 atom stereocenters. The first-order chi connectivity index (χ1) is 6.02. The van der Waals surface area contributed by atoms with Gasteiger partial charge < -0.3 is 5.32 Å². The van der Waals surface area contributed by atoms with Crippen molar-refractivity contribution in [3.05, 3.63) is 23.3 Å². The van der Waals surface area contributed by atoms with Crippen LogP contribution >= 0.6 is 11.6 Å². The van der Waals surface area contributed by atoms with Crippen molar-refractivity contribution in [3.63, 3.8) is 0 Å². The number of nitrogens with one attached hydrogen (secondary N) is 1. The van der Waals surface area contributed by atoms with Gasteiger partial charge in [0.1, 0.15) is 0 Å². The molecule has 0 aliphatic heterocycles. The second-order valence-electron chi connectivity index (χ2n) is 3.69. The maximum Gasteiger partial charge on any atom is 0.216 e. The van der Waals surface area contributed by atoms with Gasteiger partial charge in [0, 0.05) is 23.9 Å². The van der Waals surface area contributed by atoms with Crippen molar-refractivity contribution < 1.29 is 4.79 Å². The van der Waals surface area contributed by atoms with Crippen molar-refractivity contribution in [1.29, 1.82) is 0 Å². The van der Waals surface area contributed by atoms with Crippen LogP contribution in [0.3, 0.4) is 0 Å². The minimum atomic E-state index is 0.00951. The van der Waals surface area contributed by atoms with E-state index in [1.165, 1.54) is 6.92 Å². The molecule has 0 saturated heterocycles. The zero-order chi connectivity index (χ0) is 9.90. The summed E-state index contributed by atoms with van der Waals surface area (Å²) in [6.45, 7) is 4.29. The third-order valence-electron chi connectivity index (χ3n) is 2.15. The topological polar surface area (TPSA) is 29.1 Å². The van der Waals surface area contributed by atoms with Crippen LogP contribution in [0.25, 0.3) is 0 Å². The molecule has 0 saturated carbocycles. The van der Waals surface area contributed by atoms with Crippen LogP contribution in [0, 0.1) is 5.41 Å². The molecule has 0 unspecified atom stereocenters. The summed E-state index contributed by atoms with van der Waals surface area (Å²) in [6.07, 6.45) is 6.78. The summed E-state index contributed by atoms with van der Waals surface area (Å²) in [6, 6.07) is 0. The van der Waals surface area contributed by atoms with Gasteiger partial charge in [0.15, 0.2) is 0 Å². The minimum Gasteiger partial charge on any atom is -0.355 e. The minimum absolute atomic E-state index is 0.00951. The van der Waals surface area contributed by atoms with E-state index < -0.39 is 0 Å². The Bertz CT molecular complexity index is 270. The number of allylic oxidation sites excluding steroid dienone is 3. The molecule has 0 spiro atoms. The third-order valence-corrected chi connectivity index (χ3v) is 2.43. The molecule has 1 amide bonds. The Morgan fingerprint density at radius 1 is 1.77 bits per heavy atom. The predicted octanol–water partition coefficient (Wildman–Crippen LogP) is 2.21. The lowest BCUT2D eigenvalue weighted by atomic mass is 9.84. The van der Waals surface area contributed by atoms with E-state index in [-0.39, 0.29) is 11.3 Å². The SMILES string of the molecule is CC(=O)NC[C@@]1(C)C=CC(Cl)=CC1. The quantitative estimate of drug-likeness (QED) is 0.726. The van der Waals surface area contributed by atoms with E-state index in [0.717, 1.165) is 11.5 Å². The largest absolute Gasteiger partial charge is 0.355 e. The first-order valence-corrected chi connectivity index (χ1v) is 4.69. The summed E-state index contributed by atoms with van der Waals surface area (Å²) in [5, 5.41) is 3.59. The van der Waals surface area contributed by atoms with E-state index >= 15 is 0 Å². The Kier molecular flexibility index (Phi) is 3.15. The van der Waals surface area contributed by atoms with Crippen molar-refractivity contribution in [2.45, 2.75) is 20.3 Å². The molecule has 2 nitrogen and oxygen atoms in total. The Hall–Kier alpha value is -0.760. The summed E-state index contributed by atoms with van der Waals surface area (Å²) >= 11 is 5.79. The molecule has 0 radical (unpaired) electrons. The molecule has 0 heterocycles. The van der Waals surface area contributed by atoms with E-state index in [1.54, 1.807) is 0 Å². The maximum absolute atomic E-state index is 10.7. The van der Waals surface area contributed by atoms with Crippen molar-refractivity contribution in [1.82, 2.24) is 5.32 Å². The molecule has 0 aromatic heterocycles. The van der Waals surface area contributed by atoms with Crippen LogP contribution in [-0.4, -0.2) is 12.5 Å². The monoisotopic (exact) mass is 199 g/mol. The average Bonchev–Trinajstić information content (AvgIpc) is 2.08. The average molecular weight is 200 g/mol. The lowest BCUT2D eigenvalue weighted by Crippen LogP contribution is -2.33. The fraction of sp³-hybridized carbons (Fsp3) is 0.500. The van der Waals surface area contributed by atoms with E-state index in [0.29, 0.717) is 6.54 Å². The van der Waals surface area contributed by atoms with Gasteiger partial charge in [0.2, 0.25) is 5.91 Å². The van der Waals surface area contributed by atoms with Gasteiger partial charge in [-0.15, -0.1) is 0 Å². The lowest BCUT2D eigenvalue weighted by Gasteiger charge is -2.27. The predicted molar refractivity (Wildman–Crippen MR) is 54.5 cm³/mol. The van der Waals surface area contributed by atoms with E-state index in [9.17, 15) is 4.79 Å². The highest BCUT2D eigenvalue weighted by Gasteiger charge is 2.22. The highest BCUT2D eigenvalue weighted by molar-refractivity contribution is 6.31. The number of halogens is 1. The summed E-state index contributed by atoms with van der Waals surface area (Å²) < 4.78 is 0. The van der Waals surface area contributed by atoms with Crippen LogP contribution in [0.5, 0.6) is 0 Å². The van der Waals surface area contributed by atoms with Crippen LogP contribution in [0.4, 0.5) is 0 Å². The Morgan fingerprint density at radius 2 is 2.46 bits per heavy atom. The number of carbonyl (C=O) groups is 1. The zero-order valence-corrected chi connectivity index (χ0v) is 8.69. The van der Waals surface area contributed by atoms with Crippen LogP contribution in [0.1, 0.15) is 20.3 Å². The summed E-state index contributed by atoms with van der Waals surface area (Å²) in [5.74, 6) is 0.00951. The lowest BCUT2D eigenvalue weighted by molar-refractivity contribution is -0.119. The second-order valence-corrected chi connectivity index (χ2v) is 4.13. The Labute approximate surface area is 83.7 Å². The summed E-state index contributed by atoms with van der Waals surface area (Å²) in [7, 11) is 0. The Balaban J connectivity index is 2.50. The van der Waals surface area contributed by atoms with Gasteiger partial charge in [-0.2, -0.15) is 0 Å². The number of hydrogen-bond acceptors (Lipinski definition) is 1. The molecule has 0 aromatic rings. The van der Waals surface area contributed by atoms with Gasteiger partial charge in [0.25, 0.3) is 0 Å². The van der Waals surface area contributed by atoms with Gasteiger partial charge in [-0.25, -0.2) is 0 Å². The summed E-state index contributed by atoms with van der Waals surface area (Å²) in [5.41, 5.74) is 0.0179. The van der Waals surface area contributed by atoms with E-state index in [4.69, 9.17) is 11.6 Å². The molecule has 72 valence electrons. The molecule has 1 rings (SSSR count). The standard InChI is InChI=1S/C10H14ClNO/c1-8(13)12-7-10(2)5-3-9(11)4-6-10/h3-5H,6-7H2,1-2H3,(H,12,13)/t10-/m0/s1.